The van der Waals surface area contributed by atoms with Crippen molar-refractivity contribution in [1.82, 2.24) is 9.29 Å². The minimum absolute atomic E-state index is 0.00108. The van der Waals surface area contributed by atoms with Crippen LogP contribution in [0.1, 0.15) is 5.56 Å². The Morgan fingerprint density at radius 1 is 1.07 bits per heavy atom. The van der Waals surface area contributed by atoms with Crippen molar-refractivity contribution in [3.8, 4) is 17.4 Å². The third-order valence-electron chi connectivity index (χ3n) is 4.16. The van der Waals surface area contributed by atoms with E-state index in [4.69, 9.17) is 14.2 Å². The Hall–Kier alpha value is -2.53. The summed E-state index contributed by atoms with van der Waals surface area (Å²) in [7, 11) is -0.918. The molecule has 1 aromatic carbocycles. The molecule has 1 aliphatic rings. The molecule has 0 aliphatic carbocycles. The number of hydrogen-bond donors (Lipinski definition) is 0. The van der Waals surface area contributed by atoms with Crippen LogP contribution in [0.2, 0.25) is 0 Å². The molecular formula is C17H17F3N2O5S. The van der Waals surface area contributed by atoms with Gasteiger partial charge >= 0.3 is 6.18 Å². The quantitative estimate of drug-likeness (QED) is 0.718. The van der Waals surface area contributed by atoms with Crippen molar-refractivity contribution in [2.24, 2.45) is 0 Å². The van der Waals surface area contributed by atoms with Crippen molar-refractivity contribution >= 4 is 10.0 Å². The van der Waals surface area contributed by atoms with Crippen LogP contribution in [0.5, 0.6) is 17.4 Å². The van der Waals surface area contributed by atoms with Crippen molar-refractivity contribution in [3.63, 3.8) is 0 Å². The fraction of sp³-hybridized carbons (Fsp3) is 0.353. The molecule has 2 heterocycles. The van der Waals surface area contributed by atoms with Crippen LogP contribution in [0, 0.1) is 0 Å². The highest BCUT2D eigenvalue weighted by molar-refractivity contribution is 7.89. The third-order valence-corrected chi connectivity index (χ3v) is 5.99. The van der Waals surface area contributed by atoms with E-state index in [1.165, 1.54) is 36.7 Å². The van der Waals surface area contributed by atoms with Gasteiger partial charge in [-0.3, -0.25) is 0 Å². The second-order valence-corrected chi connectivity index (χ2v) is 7.90. The summed E-state index contributed by atoms with van der Waals surface area (Å²) < 4.78 is 79.8. The normalized spacial score (nSPS) is 15.8. The van der Waals surface area contributed by atoms with E-state index in [0.29, 0.717) is 11.9 Å². The lowest BCUT2D eigenvalue weighted by atomic mass is 10.2. The van der Waals surface area contributed by atoms with Crippen molar-refractivity contribution < 1.29 is 35.8 Å². The van der Waals surface area contributed by atoms with Crippen LogP contribution in [0.3, 0.4) is 0 Å². The van der Waals surface area contributed by atoms with Gasteiger partial charge in [0.25, 0.3) is 0 Å². The van der Waals surface area contributed by atoms with Gasteiger partial charge in [-0.05, 0) is 18.2 Å². The zero-order valence-electron chi connectivity index (χ0n) is 14.9. The molecule has 0 amide bonds. The number of methoxy groups -OCH3 is 2. The van der Waals surface area contributed by atoms with Crippen LogP contribution in [-0.2, 0) is 16.2 Å². The van der Waals surface area contributed by atoms with Crippen molar-refractivity contribution in [1.29, 1.82) is 0 Å². The Morgan fingerprint density at radius 2 is 1.75 bits per heavy atom. The van der Waals surface area contributed by atoms with Gasteiger partial charge in [0.05, 0.1) is 37.8 Å². The molecule has 2 aromatic rings. The average Bonchev–Trinajstić information content (AvgIpc) is 2.63. The lowest BCUT2D eigenvalue weighted by Crippen LogP contribution is -2.56. The highest BCUT2D eigenvalue weighted by Gasteiger charge is 2.39. The van der Waals surface area contributed by atoms with Gasteiger partial charge in [0.2, 0.25) is 15.9 Å². The first-order valence-corrected chi connectivity index (χ1v) is 9.51. The maximum absolute atomic E-state index is 12.7. The summed E-state index contributed by atoms with van der Waals surface area (Å²) >= 11 is 0. The second kappa shape index (κ2) is 7.47. The van der Waals surface area contributed by atoms with E-state index in [-0.39, 0.29) is 29.6 Å². The van der Waals surface area contributed by atoms with E-state index in [0.717, 1.165) is 12.1 Å². The van der Waals surface area contributed by atoms with Crippen LogP contribution in [0.15, 0.2) is 41.4 Å². The first-order chi connectivity index (χ1) is 13.1. The molecule has 0 spiro atoms. The highest BCUT2D eigenvalue weighted by atomic mass is 32.2. The maximum Gasteiger partial charge on any atom is 0.417 e. The summed E-state index contributed by atoms with van der Waals surface area (Å²) in [5, 5.41) is 0. The minimum atomic E-state index is -4.48. The minimum Gasteiger partial charge on any atom is -0.493 e. The summed E-state index contributed by atoms with van der Waals surface area (Å²) in [4.78, 5) is 3.65. The fourth-order valence-electron chi connectivity index (χ4n) is 2.59. The van der Waals surface area contributed by atoms with E-state index < -0.39 is 27.9 Å². The summed E-state index contributed by atoms with van der Waals surface area (Å²) in [6.07, 6.45) is -4.31. The fourth-order valence-corrected chi connectivity index (χ4v) is 4.11. The number of halogens is 3. The number of aromatic nitrogens is 1. The van der Waals surface area contributed by atoms with Gasteiger partial charge in [-0.2, -0.15) is 17.5 Å². The lowest BCUT2D eigenvalue weighted by molar-refractivity contribution is -0.137. The van der Waals surface area contributed by atoms with E-state index in [9.17, 15) is 21.6 Å². The topological polar surface area (TPSA) is 78.0 Å². The molecule has 7 nitrogen and oxygen atoms in total. The van der Waals surface area contributed by atoms with Gasteiger partial charge in [-0.15, -0.1) is 0 Å². The van der Waals surface area contributed by atoms with Gasteiger partial charge in [-0.1, -0.05) is 0 Å². The molecule has 1 aliphatic heterocycles. The van der Waals surface area contributed by atoms with Gasteiger partial charge < -0.3 is 14.2 Å². The van der Waals surface area contributed by atoms with Crippen molar-refractivity contribution in [2.75, 3.05) is 27.3 Å². The Labute approximate surface area is 159 Å². The molecular weight excluding hydrogens is 401 g/mol. The smallest absolute Gasteiger partial charge is 0.417 e. The SMILES string of the molecule is COc1ccc(S(=O)(=O)N2CC(Oc3ccc(C(F)(F)F)cn3)C2)cc1OC. The number of hydrogen-bond acceptors (Lipinski definition) is 6. The van der Waals surface area contributed by atoms with Crippen LogP contribution in [-0.4, -0.2) is 51.1 Å². The van der Waals surface area contributed by atoms with Gasteiger partial charge in [-0.25, -0.2) is 13.4 Å². The number of sulfonamides is 1. The number of alkyl halides is 3. The molecule has 0 unspecified atom stereocenters. The van der Waals surface area contributed by atoms with Gasteiger partial charge in [0.1, 0.15) is 6.10 Å². The highest BCUT2D eigenvalue weighted by Crippen LogP contribution is 2.33. The standard InChI is InChI=1S/C17H17F3N2O5S/c1-25-14-5-4-13(7-15(14)26-2)28(23,24)22-9-12(10-22)27-16-6-3-11(8-21-16)17(18,19)20/h3-8,12H,9-10H2,1-2H3. The zero-order valence-corrected chi connectivity index (χ0v) is 15.7. The molecule has 0 radical (unpaired) electrons. The number of ether oxygens (including phenoxy) is 3. The van der Waals surface area contributed by atoms with E-state index in [1.54, 1.807) is 0 Å². The molecule has 3 rings (SSSR count). The largest absolute Gasteiger partial charge is 0.493 e. The Morgan fingerprint density at radius 3 is 2.29 bits per heavy atom. The van der Waals surface area contributed by atoms with E-state index >= 15 is 0 Å². The first-order valence-electron chi connectivity index (χ1n) is 8.07. The molecule has 152 valence electrons. The van der Waals surface area contributed by atoms with Crippen LogP contribution in [0.25, 0.3) is 0 Å². The number of rotatable bonds is 6. The lowest BCUT2D eigenvalue weighted by Gasteiger charge is -2.37. The molecule has 0 bridgehead atoms. The Kier molecular flexibility index (Phi) is 5.39. The number of pyridine rings is 1. The predicted molar refractivity (Wildman–Crippen MR) is 92.0 cm³/mol. The summed E-state index contributed by atoms with van der Waals surface area (Å²) in [5.41, 5.74) is -0.883. The zero-order chi connectivity index (χ0) is 20.5. The van der Waals surface area contributed by atoms with Crippen LogP contribution < -0.4 is 14.2 Å². The average molecular weight is 418 g/mol. The predicted octanol–water partition coefficient (Wildman–Crippen LogP) is 2.57. The Bertz CT molecular complexity index is 942. The number of nitrogens with zero attached hydrogens (tertiary/aromatic N) is 2. The summed E-state index contributed by atoms with van der Waals surface area (Å²) in [6, 6.07) is 6.22. The molecule has 1 saturated heterocycles. The molecule has 1 fully saturated rings. The molecule has 0 N–H and O–H groups in total. The molecule has 28 heavy (non-hydrogen) atoms. The Balaban J connectivity index is 1.64. The number of benzene rings is 1. The van der Waals surface area contributed by atoms with E-state index in [1.807, 2.05) is 0 Å². The maximum atomic E-state index is 12.7. The second-order valence-electron chi connectivity index (χ2n) is 5.96. The molecule has 11 heteroatoms. The van der Waals surface area contributed by atoms with E-state index in [2.05, 4.69) is 4.98 Å². The molecule has 1 aromatic heterocycles. The monoisotopic (exact) mass is 418 g/mol. The summed E-state index contributed by atoms with van der Waals surface area (Å²) in [6.45, 7) is 0.110. The van der Waals surface area contributed by atoms with Gasteiger partial charge in [0, 0.05) is 18.3 Å². The summed E-state index contributed by atoms with van der Waals surface area (Å²) in [5.74, 6) is 0.687. The molecule has 0 atom stereocenters. The van der Waals surface area contributed by atoms with Crippen molar-refractivity contribution in [3.05, 3.63) is 42.1 Å². The molecule has 0 saturated carbocycles. The van der Waals surface area contributed by atoms with Crippen LogP contribution >= 0.6 is 0 Å². The first kappa shape index (κ1) is 20.2. The third kappa shape index (κ3) is 3.99. The van der Waals surface area contributed by atoms with Gasteiger partial charge in [0.15, 0.2) is 11.5 Å². The van der Waals surface area contributed by atoms with Crippen LogP contribution in [0.4, 0.5) is 13.2 Å². The van der Waals surface area contributed by atoms with Crippen molar-refractivity contribution in [2.45, 2.75) is 17.2 Å².